The molecular weight excluding hydrogens is 522 g/mol. The maximum absolute atomic E-state index is 13.5. The molecule has 1 fully saturated rings. The zero-order valence-electron chi connectivity index (χ0n) is 20.1. The number of benzene rings is 2. The number of aryl methyl sites for hydroxylation is 1. The molecule has 182 valence electrons. The van der Waals surface area contributed by atoms with E-state index >= 15 is 0 Å². The van der Waals surface area contributed by atoms with Crippen LogP contribution in [0.5, 0.6) is 0 Å². The summed E-state index contributed by atoms with van der Waals surface area (Å²) < 4.78 is 0.892. The predicted molar refractivity (Wildman–Crippen MR) is 144 cm³/mol. The monoisotopic (exact) mass is 551 g/mol. The lowest BCUT2D eigenvalue weighted by Crippen LogP contribution is -2.57. The number of rotatable bonds is 4. The summed E-state index contributed by atoms with van der Waals surface area (Å²) in [6, 6.07) is 18.5. The summed E-state index contributed by atoms with van der Waals surface area (Å²) in [5, 5.41) is 2.17. The van der Waals surface area contributed by atoms with Crippen LogP contribution in [0.3, 0.4) is 0 Å². The number of fused-ring (bicyclic) bond motifs is 1. The molecule has 0 unspecified atom stereocenters. The minimum atomic E-state index is -0.0306. The number of halogens is 1. The van der Waals surface area contributed by atoms with Gasteiger partial charge in [0.25, 0.3) is 5.91 Å². The Morgan fingerprint density at radius 2 is 1.86 bits per heavy atom. The van der Waals surface area contributed by atoms with E-state index in [-0.39, 0.29) is 23.9 Å². The highest BCUT2D eigenvalue weighted by atomic mass is 79.9. The van der Waals surface area contributed by atoms with Crippen molar-refractivity contribution in [1.29, 1.82) is 0 Å². The fourth-order valence-corrected chi connectivity index (χ4v) is 6.53. The number of thiophene rings is 1. The molecule has 3 aromatic rings. The lowest BCUT2D eigenvalue weighted by molar-refractivity contribution is -0.135. The first-order valence-electron chi connectivity index (χ1n) is 12.1. The molecule has 0 N–H and O–H groups in total. The SMILES string of the molecule is Cc1ccc([C@H]2c3ccsc3CCN2CC(=O)N2CCN(C(=O)c3cccc(Br)c3)[C@H](C)C2)cc1. The number of hydrogen-bond acceptors (Lipinski definition) is 4. The Hall–Kier alpha value is -2.48. The van der Waals surface area contributed by atoms with Crippen LogP contribution in [-0.4, -0.2) is 65.3 Å². The Morgan fingerprint density at radius 3 is 2.60 bits per heavy atom. The average molecular weight is 553 g/mol. The van der Waals surface area contributed by atoms with Crippen molar-refractivity contribution in [1.82, 2.24) is 14.7 Å². The highest BCUT2D eigenvalue weighted by Gasteiger charge is 2.34. The molecule has 1 saturated heterocycles. The quantitative estimate of drug-likeness (QED) is 0.451. The molecule has 0 bridgehead atoms. The fraction of sp³-hybridized carbons (Fsp3) is 0.357. The molecule has 2 aliphatic heterocycles. The van der Waals surface area contributed by atoms with Crippen LogP contribution in [0, 0.1) is 6.92 Å². The Bertz CT molecular complexity index is 1220. The Labute approximate surface area is 219 Å². The van der Waals surface area contributed by atoms with Crippen LogP contribution >= 0.6 is 27.3 Å². The third kappa shape index (κ3) is 5.08. The minimum absolute atomic E-state index is 0.0198. The Balaban J connectivity index is 1.28. The fourth-order valence-electron chi connectivity index (χ4n) is 5.22. The molecule has 2 amide bonds. The van der Waals surface area contributed by atoms with Crippen molar-refractivity contribution >= 4 is 39.1 Å². The van der Waals surface area contributed by atoms with Gasteiger partial charge in [0.15, 0.2) is 0 Å². The number of carbonyl (C=O) groups excluding carboxylic acids is 2. The van der Waals surface area contributed by atoms with Crippen LogP contribution in [0.1, 0.15) is 44.9 Å². The molecule has 2 atom stereocenters. The van der Waals surface area contributed by atoms with Gasteiger partial charge < -0.3 is 9.80 Å². The van der Waals surface area contributed by atoms with Crippen LogP contribution < -0.4 is 0 Å². The molecule has 0 radical (unpaired) electrons. The Morgan fingerprint density at radius 1 is 1.06 bits per heavy atom. The second kappa shape index (κ2) is 10.2. The van der Waals surface area contributed by atoms with Crippen LogP contribution in [0.25, 0.3) is 0 Å². The summed E-state index contributed by atoms with van der Waals surface area (Å²) in [6.07, 6.45) is 0.980. The maximum Gasteiger partial charge on any atom is 0.254 e. The average Bonchev–Trinajstić information content (AvgIpc) is 3.33. The van der Waals surface area contributed by atoms with E-state index in [1.54, 1.807) is 0 Å². The number of hydrogen-bond donors (Lipinski definition) is 0. The normalized spacial score (nSPS) is 20.5. The van der Waals surface area contributed by atoms with Gasteiger partial charge in [-0.1, -0.05) is 51.8 Å². The molecule has 35 heavy (non-hydrogen) atoms. The molecule has 5 nitrogen and oxygen atoms in total. The van der Waals surface area contributed by atoms with Gasteiger partial charge in [0.1, 0.15) is 0 Å². The highest BCUT2D eigenvalue weighted by Crippen LogP contribution is 2.37. The van der Waals surface area contributed by atoms with Gasteiger partial charge in [0.05, 0.1) is 12.6 Å². The van der Waals surface area contributed by atoms with Gasteiger partial charge in [-0.3, -0.25) is 14.5 Å². The molecule has 2 aliphatic rings. The first-order valence-corrected chi connectivity index (χ1v) is 13.8. The number of amides is 2. The summed E-state index contributed by atoms with van der Waals surface area (Å²) in [7, 11) is 0. The molecule has 2 aromatic carbocycles. The van der Waals surface area contributed by atoms with Crippen molar-refractivity contribution < 1.29 is 9.59 Å². The van der Waals surface area contributed by atoms with E-state index in [2.05, 4.69) is 63.5 Å². The molecule has 7 heteroatoms. The number of piperazine rings is 1. The zero-order valence-corrected chi connectivity index (χ0v) is 22.5. The largest absolute Gasteiger partial charge is 0.338 e. The lowest BCUT2D eigenvalue weighted by Gasteiger charge is -2.42. The van der Waals surface area contributed by atoms with Crippen molar-refractivity contribution in [2.75, 3.05) is 32.7 Å². The number of nitrogens with zero attached hydrogens (tertiary/aromatic N) is 3. The summed E-state index contributed by atoms with van der Waals surface area (Å²) in [4.78, 5) is 34.1. The molecule has 3 heterocycles. The second-order valence-electron chi connectivity index (χ2n) is 9.53. The first kappa shape index (κ1) is 24.2. The van der Waals surface area contributed by atoms with Crippen molar-refractivity contribution in [2.24, 2.45) is 0 Å². The third-order valence-electron chi connectivity index (χ3n) is 7.11. The first-order chi connectivity index (χ1) is 16.9. The van der Waals surface area contributed by atoms with E-state index in [1.165, 1.54) is 21.6 Å². The molecule has 5 rings (SSSR count). The van der Waals surface area contributed by atoms with Gasteiger partial charge in [0.2, 0.25) is 5.91 Å². The molecule has 0 aliphatic carbocycles. The smallest absolute Gasteiger partial charge is 0.254 e. The molecule has 0 saturated carbocycles. The van der Waals surface area contributed by atoms with Crippen LogP contribution in [0.15, 0.2) is 64.5 Å². The van der Waals surface area contributed by atoms with Crippen molar-refractivity contribution in [3.05, 3.63) is 91.6 Å². The van der Waals surface area contributed by atoms with Gasteiger partial charge in [-0.05, 0) is 61.0 Å². The maximum atomic E-state index is 13.5. The van der Waals surface area contributed by atoms with E-state index < -0.39 is 0 Å². The summed E-state index contributed by atoms with van der Waals surface area (Å²) in [5.74, 6) is 0.161. The van der Waals surface area contributed by atoms with E-state index in [9.17, 15) is 9.59 Å². The Kier molecular flexibility index (Phi) is 7.09. The van der Waals surface area contributed by atoms with Gasteiger partial charge in [-0.25, -0.2) is 0 Å². The third-order valence-corrected chi connectivity index (χ3v) is 8.60. The summed E-state index contributed by atoms with van der Waals surface area (Å²) in [5.41, 5.74) is 4.48. The van der Waals surface area contributed by atoms with Crippen molar-refractivity contribution in [3.63, 3.8) is 0 Å². The van der Waals surface area contributed by atoms with Crippen LogP contribution in [0.4, 0.5) is 0 Å². The summed E-state index contributed by atoms with van der Waals surface area (Å²) in [6.45, 7) is 7.07. The van der Waals surface area contributed by atoms with E-state index in [0.717, 1.165) is 17.4 Å². The van der Waals surface area contributed by atoms with E-state index in [0.29, 0.717) is 31.7 Å². The summed E-state index contributed by atoms with van der Waals surface area (Å²) >= 11 is 5.27. The van der Waals surface area contributed by atoms with Crippen molar-refractivity contribution in [3.8, 4) is 0 Å². The van der Waals surface area contributed by atoms with Crippen LogP contribution in [0.2, 0.25) is 0 Å². The standard InChI is InChI=1S/C28H30BrN3O2S/c1-19-6-8-21(9-7-19)27-24-11-15-35-25(24)10-12-31(27)18-26(33)30-13-14-32(20(2)17-30)28(34)22-4-3-5-23(29)16-22/h3-9,11,15-16,20,27H,10,12-14,17-18H2,1-2H3/t20-,27+/m1/s1. The van der Waals surface area contributed by atoms with Crippen molar-refractivity contribution in [2.45, 2.75) is 32.4 Å². The number of carbonyl (C=O) groups is 2. The highest BCUT2D eigenvalue weighted by molar-refractivity contribution is 9.10. The molecule has 0 spiro atoms. The minimum Gasteiger partial charge on any atom is -0.338 e. The topological polar surface area (TPSA) is 43.9 Å². The van der Waals surface area contributed by atoms with Gasteiger partial charge in [-0.2, -0.15) is 0 Å². The van der Waals surface area contributed by atoms with Gasteiger partial charge >= 0.3 is 0 Å². The lowest BCUT2D eigenvalue weighted by atomic mass is 9.92. The predicted octanol–water partition coefficient (Wildman–Crippen LogP) is 5.14. The van der Waals surface area contributed by atoms with E-state index in [1.807, 2.05) is 52.3 Å². The van der Waals surface area contributed by atoms with Gasteiger partial charge in [0, 0.05) is 47.1 Å². The van der Waals surface area contributed by atoms with Gasteiger partial charge in [-0.15, -0.1) is 11.3 Å². The molecular formula is C28H30BrN3O2S. The van der Waals surface area contributed by atoms with Crippen LogP contribution in [-0.2, 0) is 11.2 Å². The second-order valence-corrected chi connectivity index (χ2v) is 11.4. The van der Waals surface area contributed by atoms with E-state index in [4.69, 9.17) is 0 Å². The molecule has 1 aromatic heterocycles. The zero-order chi connectivity index (χ0) is 24.5.